The molecule has 8 aromatic rings. The molecule has 55 heavy (non-hydrogen) atoms. The molecule has 0 saturated heterocycles. The molecule has 3 heteroatoms. The van der Waals surface area contributed by atoms with Crippen molar-refractivity contribution >= 4 is 39.6 Å². The van der Waals surface area contributed by atoms with Gasteiger partial charge in [0.05, 0.1) is 22.9 Å². The molecule has 2 aliphatic carbocycles. The van der Waals surface area contributed by atoms with Crippen LogP contribution in [0.4, 0.5) is 0 Å². The summed E-state index contributed by atoms with van der Waals surface area (Å²) in [5.74, 6) is 0.589. The molecule has 7 aromatic carbocycles. The first-order chi connectivity index (χ1) is 27.2. The predicted molar refractivity (Wildman–Crippen MR) is 232 cm³/mol. The van der Waals surface area contributed by atoms with Crippen molar-refractivity contribution in [2.75, 3.05) is 0 Å². The van der Waals surface area contributed by atoms with Crippen LogP contribution >= 0.6 is 11.8 Å². The Morgan fingerprint density at radius 3 is 1.98 bits per heavy atom. The SMILES string of the molecule is C1=Cc2c(c3ncc(-c4ccc(-c5cccc(-c6cccc(-c7cccc(-c8cccc9c8SC8=CCCCC89)c7)c6)c5)cc4)nc3c3ccccc23)CC1. The normalized spacial score (nSPS) is 15.8. The van der Waals surface area contributed by atoms with E-state index in [1.165, 1.54) is 90.7 Å². The Labute approximate surface area is 326 Å². The topological polar surface area (TPSA) is 25.8 Å². The molecule has 1 aliphatic heterocycles. The predicted octanol–water partition coefficient (Wildman–Crippen LogP) is 14.3. The monoisotopic (exact) mass is 722 g/mol. The highest BCUT2D eigenvalue weighted by Gasteiger charge is 2.31. The maximum atomic E-state index is 5.23. The summed E-state index contributed by atoms with van der Waals surface area (Å²) in [6.45, 7) is 0. The van der Waals surface area contributed by atoms with Gasteiger partial charge in [-0.1, -0.05) is 151 Å². The zero-order chi connectivity index (χ0) is 36.3. The molecular formula is C52H38N2S. The quantitative estimate of drug-likeness (QED) is 0.165. The summed E-state index contributed by atoms with van der Waals surface area (Å²) in [5, 5.41) is 2.42. The van der Waals surface area contributed by atoms with Crippen LogP contribution in [0.5, 0.6) is 0 Å². The van der Waals surface area contributed by atoms with Gasteiger partial charge >= 0.3 is 0 Å². The van der Waals surface area contributed by atoms with Crippen molar-refractivity contribution in [2.45, 2.75) is 42.9 Å². The highest BCUT2D eigenvalue weighted by Crippen LogP contribution is 2.55. The van der Waals surface area contributed by atoms with E-state index in [-0.39, 0.29) is 0 Å². The van der Waals surface area contributed by atoms with E-state index in [0.717, 1.165) is 40.5 Å². The van der Waals surface area contributed by atoms with Crippen LogP contribution in [-0.2, 0) is 6.42 Å². The number of aromatic nitrogens is 2. The number of thioether (sulfide) groups is 1. The molecule has 2 heterocycles. The Hall–Kier alpha value is -6.03. The van der Waals surface area contributed by atoms with Gasteiger partial charge in [-0.05, 0) is 122 Å². The number of nitrogens with zero attached hydrogens (tertiary/aromatic N) is 2. The van der Waals surface area contributed by atoms with Gasteiger partial charge in [0.15, 0.2) is 0 Å². The third-order valence-corrected chi connectivity index (χ3v) is 13.2. The molecular weight excluding hydrogens is 685 g/mol. The number of hydrogen-bond acceptors (Lipinski definition) is 3. The summed E-state index contributed by atoms with van der Waals surface area (Å²) in [7, 11) is 0. The lowest BCUT2D eigenvalue weighted by atomic mass is 9.87. The van der Waals surface area contributed by atoms with E-state index >= 15 is 0 Å². The van der Waals surface area contributed by atoms with Crippen molar-refractivity contribution in [3.63, 3.8) is 0 Å². The van der Waals surface area contributed by atoms with Crippen LogP contribution in [0.15, 0.2) is 168 Å². The van der Waals surface area contributed by atoms with E-state index in [1.54, 1.807) is 4.91 Å². The lowest BCUT2D eigenvalue weighted by Gasteiger charge is -2.17. The number of hydrogen-bond donors (Lipinski definition) is 0. The molecule has 0 spiro atoms. The largest absolute Gasteiger partial charge is 0.252 e. The molecule has 3 aliphatic rings. The second-order valence-corrected chi connectivity index (χ2v) is 16.2. The Morgan fingerprint density at radius 2 is 1.22 bits per heavy atom. The molecule has 0 amide bonds. The maximum absolute atomic E-state index is 5.23. The zero-order valence-electron chi connectivity index (χ0n) is 30.5. The minimum atomic E-state index is 0.589. The van der Waals surface area contributed by atoms with Crippen molar-refractivity contribution < 1.29 is 0 Å². The summed E-state index contributed by atoms with van der Waals surface area (Å²) >= 11 is 2.00. The molecule has 1 atom stereocenters. The lowest BCUT2D eigenvalue weighted by molar-refractivity contribution is 0.647. The fourth-order valence-corrected chi connectivity index (χ4v) is 10.5. The van der Waals surface area contributed by atoms with Gasteiger partial charge in [0.2, 0.25) is 0 Å². The summed E-state index contributed by atoms with van der Waals surface area (Å²) in [4.78, 5) is 13.3. The summed E-state index contributed by atoms with van der Waals surface area (Å²) in [6, 6.07) is 51.3. The van der Waals surface area contributed by atoms with Gasteiger partial charge in [-0.15, -0.1) is 0 Å². The van der Waals surface area contributed by atoms with Crippen LogP contribution in [0.25, 0.3) is 83.6 Å². The number of aryl methyl sites for hydroxylation is 1. The number of benzene rings is 7. The average molecular weight is 723 g/mol. The van der Waals surface area contributed by atoms with E-state index in [1.807, 2.05) is 18.0 Å². The minimum Gasteiger partial charge on any atom is -0.252 e. The van der Waals surface area contributed by atoms with E-state index in [4.69, 9.17) is 9.97 Å². The van der Waals surface area contributed by atoms with Gasteiger partial charge in [0.1, 0.15) is 0 Å². The molecule has 0 N–H and O–H groups in total. The molecule has 1 unspecified atom stereocenters. The maximum Gasteiger partial charge on any atom is 0.0975 e. The first kappa shape index (κ1) is 32.4. The highest BCUT2D eigenvalue weighted by molar-refractivity contribution is 8.03. The van der Waals surface area contributed by atoms with Gasteiger partial charge < -0.3 is 0 Å². The second-order valence-electron chi connectivity index (χ2n) is 15.1. The molecule has 0 saturated carbocycles. The molecule has 1 aromatic heterocycles. The van der Waals surface area contributed by atoms with Crippen molar-refractivity contribution in [3.8, 4) is 55.8 Å². The van der Waals surface area contributed by atoms with Crippen LogP contribution in [0, 0.1) is 0 Å². The number of allylic oxidation sites excluding steroid dienone is 3. The fourth-order valence-electron chi connectivity index (χ4n) is 9.04. The standard InChI is InChI=1S/C52H38N2S/c1-3-20-45-42(17-1)43-18-2-4-21-46(43)51-50(45)53-32-48(54-51)34-27-25-33(26-28-34)35-11-7-12-36(29-35)37-13-8-14-38(30-37)39-15-9-16-40(31-39)41-22-10-23-47-44-19-5-6-24-49(44)55-52(41)47/h1-2,4,7-18,21-32,44H,3,5-6,19-20H2. The van der Waals surface area contributed by atoms with Gasteiger partial charge in [-0.3, -0.25) is 4.98 Å². The summed E-state index contributed by atoms with van der Waals surface area (Å²) in [6.07, 6.45) is 14.8. The van der Waals surface area contributed by atoms with Crippen LogP contribution in [0.1, 0.15) is 48.3 Å². The fraction of sp³-hybridized carbons (Fsp3) is 0.115. The van der Waals surface area contributed by atoms with E-state index in [0.29, 0.717) is 5.92 Å². The van der Waals surface area contributed by atoms with Crippen molar-refractivity contribution in [1.29, 1.82) is 0 Å². The van der Waals surface area contributed by atoms with Gasteiger partial charge in [0, 0.05) is 21.8 Å². The van der Waals surface area contributed by atoms with Crippen LogP contribution < -0.4 is 0 Å². The molecule has 11 rings (SSSR count). The lowest BCUT2D eigenvalue weighted by Crippen LogP contribution is -2.01. The summed E-state index contributed by atoms with van der Waals surface area (Å²) in [5.41, 5.74) is 18.0. The van der Waals surface area contributed by atoms with E-state index < -0.39 is 0 Å². The third-order valence-electron chi connectivity index (χ3n) is 11.8. The molecule has 0 bridgehead atoms. The smallest absolute Gasteiger partial charge is 0.0975 e. The van der Waals surface area contributed by atoms with Crippen LogP contribution in [-0.4, -0.2) is 9.97 Å². The Kier molecular flexibility index (Phi) is 7.88. The molecule has 0 radical (unpaired) electrons. The Morgan fingerprint density at radius 1 is 0.564 bits per heavy atom. The van der Waals surface area contributed by atoms with Crippen molar-refractivity contribution in [3.05, 3.63) is 179 Å². The highest BCUT2D eigenvalue weighted by atomic mass is 32.2. The number of fused-ring (bicyclic) bond motifs is 9. The van der Waals surface area contributed by atoms with Gasteiger partial charge in [-0.2, -0.15) is 0 Å². The molecule has 2 nitrogen and oxygen atoms in total. The Balaban J connectivity index is 0.885. The molecule has 262 valence electrons. The second kappa shape index (κ2) is 13.4. The average Bonchev–Trinajstić information content (AvgIpc) is 3.66. The van der Waals surface area contributed by atoms with Crippen molar-refractivity contribution in [2.24, 2.45) is 0 Å². The zero-order valence-corrected chi connectivity index (χ0v) is 31.3. The Bertz CT molecular complexity index is 2880. The van der Waals surface area contributed by atoms with Crippen LogP contribution in [0.2, 0.25) is 0 Å². The molecule has 0 fully saturated rings. The number of rotatable bonds is 5. The third kappa shape index (κ3) is 5.65. The first-order valence-electron chi connectivity index (χ1n) is 19.5. The van der Waals surface area contributed by atoms with Gasteiger partial charge in [-0.25, -0.2) is 4.98 Å². The summed E-state index contributed by atoms with van der Waals surface area (Å²) < 4.78 is 0. The van der Waals surface area contributed by atoms with E-state index in [2.05, 4.69) is 158 Å². The first-order valence-corrected chi connectivity index (χ1v) is 20.4. The van der Waals surface area contributed by atoms with Gasteiger partial charge in [0.25, 0.3) is 0 Å². The van der Waals surface area contributed by atoms with Crippen molar-refractivity contribution in [1.82, 2.24) is 9.97 Å². The minimum absolute atomic E-state index is 0.589. The van der Waals surface area contributed by atoms with E-state index in [9.17, 15) is 0 Å². The van der Waals surface area contributed by atoms with Crippen LogP contribution in [0.3, 0.4) is 0 Å².